The fourth-order valence-electron chi connectivity index (χ4n) is 3.82. The molecular weight excluding hydrogens is 461 g/mol. The van der Waals surface area contributed by atoms with E-state index in [-0.39, 0.29) is 23.7 Å². The fraction of sp³-hybridized carbons (Fsp3) is 0.304. The molecule has 9 nitrogen and oxygen atoms in total. The summed E-state index contributed by atoms with van der Waals surface area (Å²) in [4.78, 5) is 20.8. The molecule has 3 N–H and O–H groups in total. The summed E-state index contributed by atoms with van der Waals surface area (Å²) < 4.78 is 44.1. The maximum absolute atomic E-state index is 13.8. The van der Waals surface area contributed by atoms with Gasteiger partial charge in [0.05, 0.1) is 24.0 Å². The second-order valence-electron chi connectivity index (χ2n) is 7.80. The minimum Gasteiger partial charge on any atom is -0.355 e. The third-order valence-electron chi connectivity index (χ3n) is 5.55. The molecule has 1 amide bonds. The van der Waals surface area contributed by atoms with Gasteiger partial charge in [0.2, 0.25) is 0 Å². The molecule has 35 heavy (non-hydrogen) atoms. The first-order valence-corrected chi connectivity index (χ1v) is 11.0. The van der Waals surface area contributed by atoms with Crippen molar-refractivity contribution in [1.82, 2.24) is 34.8 Å². The van der Waals surface area contributed by atoms with Gasteiger partial charge in [0.25, 0.3) is 5.91 Å². The lowest BCUT2D eigenvalue weighted by Gasteiger charge is -2.12. The van der Waals surface area contributed by atoms with Crippen LogP contribution in [0.25, 0.3) is 16.9 Å². The summed E-state index contributed by atoms with van der Waals surface area (Å²) >= 11 is 0. The van der Waals surface area contributed by atoms with Crippen molar-refractivity contribution >= 4 is 23.1 Å². The minimum absolute atomic E-state index is 0.0681. The van der Waals surface area contributed by atoms with Crippen molar-refractivity contribution in [2.75, 3.05) is 26.0 Å². The predicted molar refractivity (Wildman–Crippen MR) is 126 cm³/mol. The van der Waals surface area contributed by atoms with Crippen LogP contribution in [0, 0.1) is 0 Å². The molecule has 0 saturated carbocycles. The number of carbonyl (C=O) groups is 1. The van der Waals surface area contributed by atoms with Crippen molar-refractivity contribution in [3.63, 3.8) is 0 Å². The molecule has 0 aliphatic heterocycles. The van der Waals surface area contributed by atoms with Gasteiger partial charge in [-0.3, -0.25) is 13.9 Å². The Bertz CT molecular complexity index is 1360. The smallest absolute Gasteiger partial charge is 0.355 e. The fourth-order valence-corrected chi connectivity index (χ4v) is 3.82. The lowest BCUT2D eigenvalue weighted by atomic mass is 10.0. The molecule has 0 unspecified atom stereocenters. The maximum Gasteiger partial charge on any atom is 0.435 e. The Kier molecular flexibility index (Phi) is 6.74. The number of fused-ring (bicyclic) bond motifs is 1. The van der Waals surface area contributed by atoms with Crippen molar-refractivity contribution < 1.29 is 18.0 Å². The van der Waals surface area contributed by atoms with Crippen LogP contribution >= 0.6 is 0 Å². The first-order valence-electron chi connectivity index (χ1n) is 11.0. The number of nitrogens with one attached hydrogen (secondary N) is 3. The Morgan fingerprint density at radius 1 is 1.17 bits per heavy atom. The molecule has 4 rings (SSSR count). The van der Waals surface area contributed by atoms with E-state index in [1.807, 2.05) is 13.0 Å². The number of rotatable bonds is 8. The first-order chi connectivity index (χ1) is 16.8. The summed E-state index contributed by atoms with van der Waals surface area (Å²) in [6.07, 6.45) is 1.81. The Labute approximate surface area is 199 Å². The van der Waals surface area contributed by atoms with E-state index in [0.717, 1.165) is 5.56 Å². The number of nitrogens with zero attached hydrogens (tertiary/aromatic N) is 5. The number of anilines is 2. The van der Waals surface area contributed by atoms with E-state index in [4.69, 9.17) is 0 Å². The number of benzene rings is 1. The van der Waals surface area contributed by atoms with E-state index < -0.39 is 11.9 Å². The molecule has 3 aromatic heterocycles. The molecule has 0 spiro atoms. The third-order valence-corrected chi connectivity index (χ3v) is 5.55. The van der Waals surface area contributed by atoms with E-state index >= 15 is 0 Å². The quantitative estimate of drug-likeness (QED) is 0.353. The van der Waals surface area contributed by atoms with E-state index in [2.05, 4.69) is 31.0 Å². The van der Waals surface area contributed by atoms with Crippen LogP contribution in [-0.4, -0.2) is 50.7 Å². The summed E-state index contributed by atoms with van der Waals surface area (Å²) in [5.41, 5.74) is 1.65. The molecule has 4 aromatic rings. The zero-order valence-electron chi connectivity index (χ0n) is 19.4. The minimum atomic E-state index is -4.62. The zero-order chi connectivity index (χ0) is 25.2. The number of alkyl halides is 3. The van der Waals surface area contributed by atoms with Crippen molar-refractivity contribution in [2.24, 2.45) is 0 Å². The third kappa shape index (κ3) is 4.83. The SMILES string of the molecule is CCc1cc(Nc2nccn3c(-c4cn(CCNC)nc4C(F)(F)F)cnc23)ccc1C(=O)NC. The van der Waals surface area contributed by atoms with E-state index in [0.29, 0.717) is 35.7 Å². The largest absolute Gasteiger partial charge is 0.435 e. The molecule has 0 fully saturated rings. The molecule has 0 saturated heterocycles. The van der Waals surface area contributed by atoms with Gasteiger partial charge in [-0.1, -0.05) is 6.92 Å². The average molecular weight is 487 g/mol. The van der Waals surface area contributed by atoms with E-state index in [1.54, 1.807) is 36.8 Å². The number of carbonyl (C=O) groups excluding carboxylic acids is 1. The summed E-state index contributed by atoms with van der Waals surface area (Å²) in [5.74, 6) is 0.187. The highest BCUT2D eigenvalue weighted by Gasteiger charge is 2.38. The number of imidazole rings is 1. The van der Waals surface area contributed by atoms with Gasteiger partial charge in [-0.15, -0.1) is 0 Å². The van der Waals surface area contributed by atoms with Gasteiger partial charge < -0.3 is 16.0 Å². The van der Waals surface area contributed by atoms with Crippen LogP contribution in [0.15, 0.2) is 43.0 Å². The van der Waals surface area contributed by atoms with Crippen LogP contribution in [-0.2, 0) is 19.1 Å². The lowest BCUT2D eigenvalue weighted by Crippen LogP contribution is -2.19. The van der Waals surface area contributed by atoms with Gasteiger partial charge >= 0.3 is 6.18 Å². The number of aromatic nitrogens is 5. The first kappa shape index (κ1) is 24.2. The highest BCUT2D eigenvalue weighted by molar-refractivity contribution is 5.96. The molecular formula is C23H25F3N8O. The number of amides is 1. The molecule has 0 aliphatic rings. The summed E-state index contributed by atoms with van der Waals surface area (Å²) in [6, 6.07) is 5.30. The number of hydrogen-bond donors (Lipinski definition) is 3. The van der Waals surface area contributed by atoms with Crippen LogP contribution < -0.4 is 16.0 Å². The number of aryl methyl sites for hydroxylation is 1. The van der Waals surface area contributed by atoms with E-state index in [9.17, 15) is 18.0 Å². The Hall–Kier alpha value is -3.93. The topological polar surface area (TPSA) is 101 Å². The molecule has 0 aliphatic carbocycles. The van der Waals surface area contributed by atoms with Gasteiger partial charge in [-0.05, 0) is 37.2 Å². The number of likely N-dealkylation sites (N-methyl/N-ethyl adjacent to an activating group) is 1. The van der Waals surface area contributed by atoms with E-state index in [1.165, 1.54) is 23.3 Å². The highest BCUT2D eigenvalue weighted by atomic mass is 19.4. The van der Waals surface area contributed by atoms with Gasteiger partial charge in [-0.25, -0.2) is 9.97 Å². The second kappa shape index (κ2) is 9.74. The summed E-state index contributed by atoms with van der Waals surface area (Å²) in [6.45, 7) is 2.71. The van der Waals surface area contributed by atoms with Gasteiger partial charge in [0.1, 0.15) is 0 Å². The second-order valence-corrected chi connectivity index (χ2v) is 7.80. The molecule has 0 atom stereocenters. The molecule has 0 bridgehead atoms. The van der Waals surface area contributed by atoms with Crippen molar-refractivity contribution in [3.05, 3.63) is 59.8 Å². The maximum atomic E-state index is 13.8. The standard InChI is InChI=1S/C23H25F3N8O/c1-4-14-11-15(5-6-16(14)22(35)28-3)31-20-21-30-12-18(34(21)10-8-29-20)17-13-33(9-7-27-2)32-19(17)23(24,25)26/h5-6,8,10-13,27H,4,7,9H2,1-3H3,(H,28,35)(H,29,31). The number of hydrogen-bond acceptors (Lipinski definition) is 6. The van der Waals surface area contributed by atoms with Crippen molar-refractivity contribution in [2.45, 2.75) is 26.1 Å². The number of halogens is 3. The summed E-state index contributed by atoms with van der Waals surface area (Å²) in [7, 11) is 3.29. The predicted octanol–water partition coefficient (Wildman–Crippen LogP) is 3.50. The van der Waals surface area contributed by atoms with Gasteiger partial charge in [0, 0.05) is 43.4 Å². The van der Waals surface area contributed by atoms with Crippen LogP contribution in [0.5, 0.6) is 0 Å². The normalized spacial score (nSPS) is 11.7. The Balaban J connectivity index is 1.73. The van der Waals surface area contributed by atoms with Crippen LogP contribution in [0.2, 0.25) is 0 Å². The molecule has 1 aromatic carbocycles. The molecule has 3 heterocycles. The van der Waals surface area contributed by atoms with Gasteiger partial charge in [-0.2, -0.15) is 18.3 Å². The Morgan fingerprint density at radius 2 is 1.97 bits per heavy atom. The van der Waals surface area contributed by atoms with Crippen LogP contribution in [0.3, 0.4) is 0 Å². The van der Waals surface area contributed by atoms with Crippen LogP contribution in [0.1, 0.15) is 28.5 Å². The summed E-state index contributed by atoms with van der Waals surface area (Å²) in [5, 5.41) is 12.5. The Morgan fingerprint density at radius 3 is 2.66 bits per heavy atom. The van der Waals surface area contributed by atoms with Crippen molar-refractivity contribution in [3.8, 4) is 11.3 Å². The lowest BCUT2D eigenvalue weighted by molar-refractivity contribution is -0.141. The van der Waals surface area contributed by atoms with Crippen molar-refractivity contribution in [1.29, 1.82) is 0 Å². The molecule has 0 radical (unpaired) electrons. The van der Waals surface area contributed by atoms with Gasteiger partial charge in [0.15, 0.2) is 17.2 Å². The molecule has 12 heteroatoms. The average Bonchev–Trinajstić information content (AvgIpc) is 3.47. The zero-order valence-corrected chi connectivity index (χ0v) is 19.4. The van der Waals surface area contributed by atoms with Crippen LogP contribution in [0.4, 0.5) is 24.7 Å². The highest BCUT2D eigenvalue weighted by Crippen LogP contribution is 2.37. The monoisotopic (exact) mass is 486 g/mol. The molecule has 184 valence electrons.